The van der Waals surface area contributed by atoms with Crippen molar-refractivity contribution < 1.29 is 14.2 Å². The third kappa shape index (κ3) is 5.69. The first kappa shape index (κ1) is 22.7. The number of ether oxygens (including phenoxy) is 3. The lowest BCUT2D eigenvalue weighted by atomic mass is 10.1. The number of hydrogen-bond acceptors (Lipinski definition) is 4. The molecule has 174 valence electrons. The summed E-state index contributed by atoms with van der Waals surface area (Å²) in [6.45, 7) is 4.62. The molecule has 0 N–H and O–H groups in total. The molecule has 3 nitrogen and oxygen atoms in total. The molecule has 5 rings (SSSR count). The largest absolute Gasteiger partial charge is 0.491 e. The third-order valence-electron chi connectivity index (χ3n) is 6.16. The molecule has 3 atom stereocenters. The van der Waals surface area contributed by atoms with Crippen LogP contribution in [0.25, 0.3) is 0 Å². The Morgan fingerprint density at radius 3 is 2.18 bits per heavy atom. The minimum Gasteiger partial charge on any atom is -0.491 e. The molecule has 0 amide bonds. The number of rotatable bonds is 8. The van der Waals surface area contributed by atoms with Crippen molar-refractivity contribution in [2.45, 2.75) is 45.0 Å². The molecule has 34 heavy (non-hydrogen) atoms. The highest BCUT2D eigenvalue weighted by atomic mass is 32.1. The van der Waals surface area contributed by atoms with Crippen LogP contribution < -0.4 is 9.47 Å². The lowest BCUT2D eigenvalue weighted by Gasteiger charge is -2.20. The van der Waals surface area contributed by atoms with E-state index in [1.807, 2.05) is 35.6 Å². The molecule has 1 aliphatic heterocycles. The van der Waals surface area contributed by atoms with Crippen LogP contribution in [0.3, 0.4) is 0 Å². The Kier molecular flexibility index (Phi) is 6.98. The van der Waals surface area contributed by atoms with Crippen LogP contribution in [-0.2, 0) is 11.2 Å². The van der Waals surface area contributed by atoms with Gasteiger partial charge in [0.05, 0.1) is 6.10 Å². The van der Waals surface area contributed by atoms with E-state index in [4.69, 9.17) is 14.2 Å². The third-order valence-corrected chi connectivity index (χ3v) is 7.34. The zero-order chi connectivity index (χ0) is 23.3. The van der Waals surface area contributed by atoms with Crippen LogP contribution in [-0.4, -0.2) is 18.8 Å². The summed E-state index contributed by atoms with van der Waals surface area (Å²) in [7, 11) is 0. The second-order valence-electron chi connectivity index (χ2n) is 8.96. The fourth-order valence-electron chi connectivity index (χ4n) is 4.23. The summed E-state index contributed by atoms with van der Waals surface area (Å²) < 4.78 is 19.0. The first-order chi connectivity index (χ1) is 16.6. The van der Waals surface area contributed by atoms with Crippen molar-refractivity contribution in [2.24, 2.45) is 0 Å². The molecule has 0 unspecified atom stereocenters. The van der Waals surface area contributed by atoms with Crippen molar-refractivity contribution in [1.29, 1.82) is 0 Å². The maximum atomic E-state index is 6.53. The van der Waals surface area contributed by atoms with Crippen LogP contribution in [0.15, 0.2) is 91.0 Å². The average molecular weight is 471 g/mol. The van der Waals surface area contributed by atoms with Crippen molar-refractivity contribution in [1.82, 2.24) is 0 Å². The monoisotopic (exact) mass is 470 g/mol. The standard InChI is InChI=1S/C30H30O3S/c1-21-8-12-24(13-9-21)31-20-29-27(32-25-14-10-22(2)11-15-25)19-28(33-29)30-17-16-26(34-30)18-23-6-4-3-5-7-23/h3-17,27-29H,18-20H2,1-2H3/t27-,28+,29+/m0/s1. The van der Waals surface area contributed by atoms with E-state index >= 15 is 0 Å². The predicted octanol–water partition coefficient (Wildman–Crippen LogP) is 7.31. The van der Waals surface area contributed by atoms with Gasteiger partial charge >= 0.3 is 0 Å². The predicted molar refractivity (Wildman–Crippen MR) is 138 cm³/mol. The van der Waals surface area contributed by atoms with Gasteiger partial charge in [-0.1, -0.05) is 65.7 Å². The molecule has 0 saturated carbocycles. The number of hydrogen-bond donors (Lipinski definition) is 0. The molecule has 4 aromatic rings. The Labute approximate surface area is 205 Å². The van der Waals surface area contributed by atoms with Gasteiger partial charge in [0, 0.05) is 22.6 Å². The number of thiophene rings is 1. The summed E-state index contributed by atoms with van der Waals surface area (Å²) in [5.74, 6) is 1.73. The zero-order valence-corrected chi connectivity index (χ0v) is 20.5. The molecule has 0 aliphatic carbocycles. The molecular formula is C30H30O3S. The van der Waals surface area contributed by atoms with Crippen LogP contribution in [0.5, 0.6) is 11.5 Å². The van der Waals surface area contributed by atoms with E-state index < -0.39 is 0 Å². The van der Waals surface area contributed by atoms with E-state index in [0.29, 0.717) is 6.61 Å². The molecule has 2 heterocycles. The van der Waals surface area contributed by atoms with Gasteiger partial charge in [-0.05, 0) is 55.8 Å². The topological polar surface area (TPSA) is 27.7 Å². The second-order valence-corrected chi connectivity index (χ2v) is 10.2. The maximum absolute atomic E-state index is 6.53. The Morgan fingerprint density at radius 2 is 1.47 bits per heavy atom. The van der Waals surface area contributed by atoms with Gasteiger partial charge in [0.1, 0.15) is 30.3 Å². The zero-order valence-electron chi connectivity index (χ0n) is 19.6. The lowest BCUT2D eigenvalue weighted by molar-refractivity contribution is -0.00969. The van der Waals surface area contributed by atoms with Crippen LogP contribution in [0.4, 0.5) is 0 Å². The molecule has 4 heteroatoms. The fourth-order valence-corrected chi connectivity index (χ4v) is 5.33. The highest BCUT2D eigenvalue weighted by Gasteiger charge is 2.39. The van der Waals surface area contributed by atoms with Gasteiger partial charge in [0.15, 0.2) is 0 Å². The molecule has 1 fully saturated rings. The van der Waals surface area contributed by atoms with Crippen molar-refractivity contribution in [2.75, 3.05) is 6.61 Å². The Bertz CT molecular complexity index is 1180. The average Bonchev–Trinajstić information content (AvgIpc) is 3.48. The summed E-state index contributed by atoms with van der Waals surface area (Å²) >= 11 is 1.83. The van der Waals surface area contributed by atoms with E-state index in [2.05, 4.69) is 80.6 Å². The second kappa shape index (κ2) is 10.5. The smallest absolute Gasteiger partial charge is 0.131 e. The minimum absolute atomic E-state index is 0.0107. The van der Waals surface area contributed by atoms with E-state index in [-0.39, 0.29) is 18.3 Å². The maximum Gasteiger partial charge on any atom is 0.131 e. The highest BCUT2D eigenvalue weighted by Crippen LogP contribution is 2.39. The van der Waals surface area contributed by atoms with E-state index in [9.17, 15) is 0 Å². The minimum atomic E-state index is -0.146. The Hall–Kier alpha value is -3.08. The first-order valence-electron chi connectivity index (χ1n) is 11.8. The van der Waals surface area contributed by atoms with Gasteiger partial charge < -0.3 is 14.2 Å². The Balaban J connectivity index is 1.29. The van der Waals surface area contributed by atoms with Crippen molar-refractivity contribution in [3.05, 3.63) is 117 Å². The number of benzene rings is 3. The summed E-state index contributed by atoms with van der Waals surface area (Å²) in [5.41, 5.74) is 3.76. The molecule has 0 radical (unpaired) electrons. The fraction of sp³-hybridized carbons (Fsp3) is 0.267. The lowest BCUT2D eigenvalue weighted by Crippen LogP contribution is -2.32. The highest BCUT2D eigenvalue weighted by molar-refractivity contribution is 7.12. The molecule has 3 aromatic carbocycles. The molecular weight excluding hydrogens is 440 g/mol. The Morgan fingerprint density at radius 1 is 0.794 bits per heavy atom. The summed E-state index contributed by atoms with van der Waals surface area (Å²) in [6.07, 6.45) is 1.55. The SMILES string of the molecule is Cc1ccc(OC[C@H]2O[C@@H](c3ccc(Cc4ccccc4)s3)C[C@@H]2Oc2ccc(C)cc2)cc1. The molecule has 1 aliphatic rings. The van der Waals surface area contributed by atoms with Crippen molar-refractivity contribution in [3.8, 4) is 11.5 Å². The first-order valence-corrected chi connectivity index (χ1v) is 12.6. The normalized spacial score (nSPS) is 19.8. The van der Waals surface area contributed by atoms with Crippen LogP contribution in [0.2, 0.25) is 0 Å². The van der Waals surface area contributed by atoms with E-state index in [0.717, 1.165) is 24.3 Å². The summed E-state index contributed by atoms with van der Waals surface area (Å²) in [6, 6.07) is 31.4. The van der Waals surface area contributed by atoms with Crippen LogP contribution in [0.1, 0.15) is 39.0 Å². The van der Waals surface area contributed by atoms with Crippen molar-refractivity contribution in [3.63, 3.8) is 0 Å². The van der Waals surface area contributed by atoms with Gasteiger partial charge in [0.2, 0.25) is 0 Å². The van der Waals surface area contributed by atoms with E-state index in [1.165, 1.54) is 26.4 Å². The van der Waals surface area contributed by atoms with Gasteiger partial charge in [-0.2, -0.15) is 0 Å². The molecule has 0 bridgehead atoms. The number of aryl methyl sites for hydroxylation is 2. The van der Waals surface area contributed by atoms with Gasteiger partial charge in [0.25, 0.3) is 0 Å². The van der Waals surface area contributed by atoms with Crippen molar-refractivity contribution >= 4 is 11.3 Å². The molecule has 1 aromatic heterocycles. The summed E-state index contributed by atoms with van der Waals surface area (Å²) in [4.78, 5) is 2.60. The molecule has 1 saturated heterocycles. The van der Waals surface area contributed by atoms with Gasteiger partial charge in [-0.25, -0.2) is 0 Å². The summed E-state index contributed by atoms with van der Waals surface area (Å²) in [5, 5.41) is 0. The molecule has 0 spiro atoms. The van der Waals surface area contributed by atoms with Crippen LogP contribution in [0, 0.1) is 13.8 Å². The van der Waals surface area contributed by atoms with E-state index in [1.54, 1.807) is 0 Å². The quantitative estimate of drug-likeness (QED) is 0.270. The van der Waals surface area contributed by atoms with Gasteiger partial charge in [-0.3, -0.25) is 0 Å². The van der Waals surface area contributed by atoms with Gasteiger partial charge in [-0.15, -0.1) is 11.3 Å². The van der Waals surface area contributed by atoms with Crippen LogP contribution >= 0.6 is 11.3 Å².